The summed E-state index contributed by atoms with van der Waals surface area (Å²) < 4.78 is 27.1. The fourth-order valence-electron chi connectivity index (χ4n) is 1.64. The van der Waals surface area contributed by atoms with Gasteiger partial charge in [-0.3, -0.25) is 4.79 Å². The first-order valence-electron chi connectivity index (χ1n) is 5.91. The Hall–Kier alpha value is -1.56. The number of hydrogen-bond donors (Lipinski definition) is 1. The van der Waals surface area contributed by atoms with Crippen LogP contribution < -0.4 is 5.73 Å². The lowest BCUT2D eigenvalue weighted by atomic mass is 10.1. The van der Waals surface area contributed by atoms with Crippen LogP contribution in [-0.2, 0) is 0 Å². The Morgan fingerprint density at radius 1 is 1.42 bits per heavy atom. The Morgan fingerprint density at radius 3 is 2.37 bits per heavy atom. The summed E-state index contributed by atoms with van der Waals surface area (Å²) in [5.74, 6) is -2.65. The molecule has 0 saturated carbocycles. The van der Waals surface area contributed by atoms with Gasteiger partial charge in [0.25, 0.3) is 5.91 Å². The van der Waals surface area contributed by atoms with Gasteiger partial charge in [-0.25, -0.2) is 8.78 Å². The minimum Gasteiger partial charge on any atom is -0.393 e. The number of nitrogens with two attached hydrogens (primary N) is 1. The van der Waals surface area contributed by atoms with E-state index in [4.69, 9.17) is 18.0 Å². The van der Waals surface area contributed by atoms with Crippen LogP contribution in [0.2, 0.25) is 0 Å². The van der Waals surface area contributed by atoms with Gasteiger partial charge in [-0.05, 0) is 19.1 Å². The molecule has 2 N–H and O–H groups in total. The number of carbonyl (C=O) groups is 1. The molecule has 0 saturated heterocycles. The second kappa shape index (κ2) is 6.56. The molecule has 0 aromatic heterocycles. The van der Waals surface area contributed by atoms with E-state index in [9.17, 15) is 13.6 Å². The third-order valence-corrected chi connectivity index (χ3v) is 3.23. The normalized spacial score (nSPS) is 12.0. The second-order valence-electron chi connectivity index (χ2n) is 4.24. The lowest BCUT2D eigenvalue weighted by molar-refractivity contribution is 0.0745. The van der Waals surface area contributed by atoms with Crippen molar-refractivity contribution in [2.24, 2.45) is 11.7 Å². The van der Waals surface area contributed by atoms with Crippen molar-refractivity contribution in [3.05, 3.63) is 35.4 Å². The van der Waals surface area contributed by atoms with Gasteiger partial charge in [-0.15, -0.1) is 0 Å². The summed E-state index contributed by atoms with van der Waals surface area (Å²) in [4.78, 5) is 13.7. The molecule has 0 heterocycles. The molecule has 0 aliphatic rings. The first-order valence-corrected chi connectivity index (χ1v) is 6.31. The zero-order chi connectivity index (χ0) is 14.6. The highest BCUT2D eigenvalue weighted by Crippen LogP contribution is 2.15. The summed E-state index contributed by atoms with van der Waals surface area (Å²) in [6.45, 7) is 4.04. The van der Waals surface area contributed by atoms with Crippen LogP contribution in [0.15, 0.2) is 18.2 Å². The van der Waals surface area contributed by atoms with Crippen molar-refractivity contribution >= 4 is 23.1 Å². The maximum absolute atomic E-state index is 13.6. The van der Waals surface area contributed by atoms with Gasteiger partial charge in [0.1, 0.15) is 17.2 Å². The third-order valence-electron chi connectivity index (χ3n) is 2.83. The second-order valence-corrected chi connectivity index (χ2v) is 4.72. The average molecular weight is 286 g/mol. The Bertz CT molecular complexity index is 473. The highest BCUT2D eigenvalue weighted by Gasteiger charge is 2.23. The number of nitrogens with zero attached hydrogens (tertiary/aromatic N) is 1. The predicted octanol–water partition coefficient (Wildman–Crippen LogP) is 2.35. The number of carbonyl (C=O) groups excluding carboxylic acids is 1. The monoisotopic (exact) mass is 286 g/mol. The van der Waals surface area contributed by atoms with E-state index in [0.717, 1.165) is 12.1 Å². The van der Waals surface area contributed by atoms with Crippen molar-refractivity contribution in [3.63, 3.8) is 0 Å². The van der Waals surface area contributed by atoms with E-state index in [1.54, 1.807) is 13.8 Å². The van der Waals surface area contributed by atoms with E-state index in [2.05, 4.69) is 0 Å². The molecule has 1 unspecified atom stereocenters. The number of benzene rings is 1. The summed E-state index contributed by atoms with van der Waals surface area (Å²) in [5.41, 5.74) is 4.94. The molecule has 0 aliphatic carbocycles. The van der Waals surface area contributed by atoms with Gasteiger partial charge >= 0.3 is 0 Å². The molecular formula is C13H16F2N2OS. The minimum atomic E-state index is -0.869. The van der Waals surface area contributed by atoms with Crippen LogP contribution >= 0.6 is 12.2 Å². The summed E-state index contributed by atoms with van der Waals surface area (Å²) in [6, 6.07) is 3.33. The van der Waals surface area contributed by atoms with E-state index in [-0.39, 0.29) is 17.5 Å². The molecule has 3 nitrogen and oxygen atoms in total. The smallest absolute Gasteiger partial charge is 0.259 e. The van der Waals surface area contributed by atoms with Gasteiger partial charge in [0.05, 0.1) is 4.99 Å². The number of amides is 1. The molecule has 1 aromatic carbocycles. The average Bonchev–Trinajstić information content (AvgIpc) is 2.34. The lowest BCUT2D eigenvalue weighted by Gasteiger charge is -2.24. The third kappa shape index (κ3) is 3.70. The van der Waals surface area contributed by atoms with Crippen molar-refractivity contribution in [1.82, 2.24) is 4.90 Å². The zero-order valence-corrected chi connectivity index (χ0v) is 11.6. The van der Waals surface area contributed by atoms with Crippen molar-refractivity contribution in [1.29, 1.82) is 0 Å². The van der Waals surface area contributed by atoms with Crippen molar-refractivity contribution < 1.29 is 13.6 Å². The number of rotatable bonds is 5. The quantitative estimate of drug-likeness (QED) is 0.845. The minimum absolute atomic E-state index is 0.214. The molecule has 0 fully saturated rings. The van der Waals surface area contributed by atoms with Gasteiger partial charge < -0.3 is 10.6 Å². The van der Waals surface area contributed by atoms with Gasteiger partial charge in [0.15, 0.2) is 0 Å². The SMILES string of the molecule is CCN(CC(C)C(N)=S)C(=O)c1c(F)cccc1F. The molecular weight excluding hydrogens is 270 g/mol. The van der Waals surface area contributed by atoms with Crippen LogP contribution in [0.1, 0.15) is 24.2 Å². The van der Waals surface area contributed by atoms with Crippen LogP contribution in [0.5, 0.6) is 0 Å². The van der Waals surface area contributed by atoms with Gasteiger partial charge in [0.2, 0.25) is 0 Å². The summed E-state index contributed by atoms with van der Waals surface area (Å²) in [5, 5.41) is 0. The standard InChI is InChI=1S/C13H16F2N2OS/c1-3-17(7-8(2)12(16)19)13(18)11-9(14)5-4-6-10(11)15/h4-6,8H,3,7H2,1-2H3,(H2,16,19). The van der Waals surface area contributed by atoms with Crippen molar-refractivity contribution in [2.45, 2.75) is 13.8 Å². The van der Waals surface area contributed by atoms with Crippen LogP contribution in [0.3, 0.4) is 0 Å². The Morgan fingerprint density at radius 2 is 1.95 bits per heavy atom. The summed E-state index contributed by atoms with van der Waals surface area (Å²) in [6.07, 6.45) is 0. The molecule has 0 spiro atoms. The Balaban J connectivity index is 2.99. The number of hydrogen-bond acceptors (Lipinski definition) is 2. The van der Waals surface area contributed by atoms with Gasteiger partial charge in [-0.2, -0.15) is 0 Å². The van der Waals surface area contributed by atoms with Crippen LogP contribution in [-0.4, -0.2) is 28.9 Å². The molecule has 0 bridgehead atoms. The van der Waals surface area contributed by atoms with Crippen LogP contribution in [0.4, 0.5) is 8.78 Å². The van der Waals surface area contributed by atoms with Crippen molar-refractivity contribution in [3.8, 4) is 0 Å². The summed E-state index contributed by atoms with van der Waals surface area (Å²) >= 11 is 4.83. The summed E-state index contributed by atoms with van der Waals surface area (Å²) in [7, 11) is 0. The molecule has 19 heavy (non-hydrogen) atoms. The molecule has 1 rings (SSSR count). The first kappa shape index (κ1) is 15.5. The maximum atomic E-state index is 13.6. The zero-order valence-electron chi connectivity index (χ0n) is 10.8. The van der Waals surface area contributed by atoms with Crippen LogP contribution in [0.25, 0.3) is 0 Å². The Kier molecular flexibility index (Phi) is 5.35. The molecule has 104 valence electrons. The lowest BCUT2D eigenvalue weighted by Crippen LogP contribution is -2.38. The number of halogens is 2. The van der Waals surface area contributed by atoms with Gasteiger partial charge in [0, 0.05) is 19.0 Å². The first-order chi connectivity index (χ1) is 8.88. The predicted molar refractivity (Wildman–Crippen MR) is 73.9 cm³/mol. The van der Waals surface area contributed by atoms with E-state index < -0.39 is 23.1 Å². The highest BCUT2D eigenvalue weighted by atomic mass is 32.1. The highest BCUT2D eigenvalue weighted by molar-refractivity contribution is 7.80. The van der Waals surface area contributed by atoms with Gasteiger partial charge in [-0.1, -0.05) is 25.2 Å². The van der Waals surface area contributed by atoms with E-state index in [1.807, 2.05) is 0 Å². The largest absolute Gasteiger partial charge is 0.393 e. The Labute approximate surface area is 116 Å². The molecule has 1 atom stereocenters. The fourth-order valence-corrected chi connectivity index (χ4v) is 1.71. The van der Waals surface area contributed by atoms with E-state index >= 15 is 0 Å². The maximum Gasteiger partial charge on any atom is 0.259 e. The topological polar surface area (TPSA) is 46.3 Å². The number of thiocarbonyl (C=S) groups is 1. The van der Waals surface area contributed by atoms with E-state index in [0.29, 0.717) is 6.54 Å². The molecule has 0 radical (unpaired) electrons. The molecule has 6 heteroatoms. The fraction of sp³-hybridized carbons (Fsp3) is 0.385. The van der Waals surface area contributed by atoms with Crippen LogP contribution in [0, 0.1) is 17.6 Å². The molecule has 1 aromatic rings. The van der Waals surface area contributed by atoms with Crippen molar-refractivity contribution in [2.75, 3.05) is 13.1 Å². The molecule has 0 aliphatic heterocycles. The van der Waals surface area contributed by atoms with E-state index in [1.165, 1.54) is 11.0 Å². The molecule has 1 amide bonds.